The van der Waals surface area contributed by atoms with Crippen LogP contribution in [0.5, 0.6) is 0 Å². The van der Waals surface area contributed by atoms with Crippen LogP contribution in [0.15, 0.2) is 47.1 Å². The molecule has 6 nitrogen and oxygen atoms in total. The number of halogens is 3. The number of alkyl halides is 3. The zero-order valence-electron chi connectivity index (χ0n) is 14.0. The second-order valence-corrected chi connectivity index (χ2v) is 6.17. The molecule has 0 bridgehead atoms. The Morgan fingerprint density at radius 3 is 2.74 bits per heavy atom. The van der Waals surface area contributed by atoms with E-state index in [4.69, 9.17) is 4.42 Å². The molecule has 0 radical (unpaired) electrons. The average molecular weight is 371 g/mol. The first kappa shape index (κ1) is 15.9. The van der Waals surface area contributed by atoms with Crippen LogP contribution in [0.4, 0.5) is 13.2 Å². The number of fused-ring (bicyclic) bond motifs is 5. The summed E-state index contributed by atoms with van der Waals surface area (Å²) in [6, 6.07) is 8.62. The summed E-state index contributed by atoms with van der Waals surface area (Å²) in [4.78, 5) is 0. The number of rotatable bonds is 2. The lowest BCUT2D eigenvalue weighted by atomic mass is 10.1. The Morgan fingerprint density at radius 2 is 1.96 bits per heavy atom. The fourth-order valence-corrected chi connectivity index (χ4v) is 3.30. The van der Waals surface area contributed by atoms with Gasteiger partial charge in [-0.3, -0.25) is 4.40 Å². The maximum Gasteiger partial charge on any atom is 0.416 e. The van der Waals surface area contributed by atoms with E-state index < -0.39 is 11.7 Å². The predicted molar refractivity (Wildman–Crippen MR) is 91.3 cm³/mol. The molecule has 0 aliphatic rings. The molecule has 1 aromatic carbocycles. The summed E-state index contributed by atoms with van der Waals surface area (Å²) in [6.07, 6.45) is -2.23. The molecule has 27 heavy (non-hydrogen) atoms. The summed E-state index contributed by atoms with van der Waals surface area (Å²) >= 11 is 0. The topological polar surface area (TPSA) is 60.6 Å². The summed E-state index contributed by atoms with van der Waals surface area (Å²) in [5.41, 5.74) is 2.30. The largest absolute Gasteiger partial charge is 0.454 e. The van der Waals surface area contributed by atoms with Crippen LogP contribution in [-0.4, -0.2) is 24.2 Å². The normalized spacial score (nSPS) is 12.6. The Balaban J connectivity index is 1.75. The van der Waals surface area contributed by atoms with E-state index in [2.05, 4.69) is 15.3 Å². The highest BCUT2D eigenvalue weighted by molar-refractivity contribution is 5.91. The minimum atomic E-state index is -4.41. The van der Waals surface area contributed by atoms with Crippen LogP contribution in [0.25, 0.3) is 33.6 Å². The van der Waals surface area contributed by atoms with Gasteiger partial charge in [0, 0.05) is 24.1 Å². The molecule has 0 saturated heterocycles. The summed E-state index contributed by atoms with van der Waals surface area (Å²) < 4.78 is 48.3. The summed E-state index contributed by atoms with van der Waals surface area (Å²) in [5.74, 6) is 1.13. The van der Waals surface area contributed by atoms with Gasteiger partial charge in [0.05, 0.1) is 16.6 Å². The third-order valence-corrected chi connectivity index (χ3v) is 4.52. The molecule has 136 valence electrons. The average Bonchev–Trinajstić information content (AvgIpc) is 3.33. The first-order valence-corrected chi connectivity index (χ1v) is 8.27. The van der Waals surface area contributed by atoms with Crippen molar-refractivity contribution in [1.82, 2.24) is 24.2 Å². The van der Waals surface area contributed by atoms with Gasteiger partial charge < -0.3 is 4.42 Å². The maximum absolute atomic E-state index is 13.0. The van der Waals surface area contributed by atoms with Crippen LogP contribution < -0.4 is 0 Å². The number of furan rings is 1. The molecule has 0 spiro atoms. The highest BCUT2D eigenvalue weighted by atomic mass is 19.4. The van der Waals surface area contributed by atoms with Gasteiger partial charge >= 0.3 is 6.18 Å². The fourth-order valence-electron chi connectivity index (χ4n) is 3.30. The molecule has 0 saturated carbocycles. The summed E-state index contributed by atoms with van der Waals surface area (Å²) in [6.45, 7) is 1.97. The summed E-state index contributed by atoms with van der Waals surface area (Å²) in [7, 11) is 0. The number of hydrogen-bond donors (Lipinski definition) is 0. The van der Waals surface area contributed by atoms with E-state index >= 15 is 0 Å². The quantitative estimate of drug-likeness (QED) is 0.462. The minimum Gasteiger partial charge on any atom is -0.454 e. The highest BCUT2D eigenvalue weighted by Gasteiger charge is 2.30. The van der Waals surface area contributed by atoms with Crippen LogP contribution in [0.3, 0.4) is 0 Å². The van der Waals surface area contributed by atoms with Gasteiger partial charge in [0.25, 0.3) is 0 Å². The third kappa shape index (κ3) is 2.31. The van der Waals surface area contributed by atoms with Crippen molar-refractivity contribution in [2.45, 2.75) is 19.5 Å². The molecule has 0 fully saturated rings. The van der Waals surface area contributed by atoms with Crippen LogP contribution in [0, 0.1) is 0 Å². The Labute approximate surface area is 149 Å². The van der Waals surface area contributed by atoms with E-state index in [9.17, 15) is 13.2 Å². The van der Waals surface area contributed by atoms with E-state index in [1.54, 1.807) is 22.7 Å². The Kier molecular flexibility index (Phi) is 3.13. The molecule has 0 unspecified atom stereocenters. The van der Waals surface area contributed by atoms with Gasteiger partial charge in [0.1, 0.15) is 17.9 Å². The molecule has 4 aromatic heterocycles. The van der Waals surface area contributed by atoms with Gasteiger partial charge in [-0.05, 0) is 12.1 Å². The lowest BCUT2D eigenvalue weighted by Crippen LogP contribution is -2.05. The molecule has 0 N–H and O–H groups in total. The molecule has 5 aromatic rings. The molecular weight excluding hydrogens is 359 g/mol. The molecule has 0 aliphatic carbocycles. The SMILES string of the molecule is CCc1nn2cnnc2c2cc3oc(-c4cccc(C(F)(F)F)c4)cc3n12. The molecule has 4 heterocycles. The van der Waals surface area contributed by atoms with Crippen LogP contribution in [0.1, 0.15) is 18.3 Å². The van der Waals surface area contributed by atoms with E-state index in [-0.39, 0.29) is 0 Å². The van der Waals surface area contributed by atoms with Crippen molar-refractivity contribution in [3.8, 4) is 11.3 Å². The molecule has 5 rings (SSSR count). The first-order chi connectivity index (χ1) is 13.0. The number of nitrogens with zero attached hydrogens (tertiary/aromatic N) is 5. The standard InChI is InChI=1S/C18H12F3N5O/c1-2-16-24-25-9-22-23-17(25)13-8-15-12(26(13)16)7-14(27-15)10-4-3-5-11(6-10)18(19,20)21/h3-9H,2H2,1H3. The van der Waals surface area contributed by atoms with Crippen LogP contribution in [-0.2, 0) is 12.6 Å². The minimum absolute atomic E-state index is 0.365. The van der Waals surface area contributed by atoms with E-state index in [0.717, 1.165) is 29.0 Å². The smallest absolute Gasteiger partial charge is 0.416 e. The molecule has 9 heteroatoms. The second kappa shape index (κ2) is 5.32. The van der Waals surface area contributed by atoms with Crippen molar-refractivity contribution in [1.29, 1.82) is 0 Å². The number of aryl methyl sites for hydroxylation is 1. The number of aromatic nitrogens is 5. The van der Waals surface area contributed by atoms with Crippen molar-refractivity contribution in [3.05, 3.63) is 54.1 Å². The van der Waals surface area contributed by atoms with E-state index in [0.29, 0.717) is 29.0 Å². The van der Waals surface area contributed by atoms with Gasteiger partial charge in [-0.2, -0.15) is 22.8 Å². The Morgan fingerprint density at radius 1 is 1.11 bits per heavy atom. The van der Waals surface area contributed by atoms with Crippen LogP contribution >= 0.6 is 0 Å². The first-order valence-electron chi connectivity index (χ1n) is 8.27. The number of benzene rings is 1. The maximum atomic E-state index is 13.0. The van der Waals surface area contributed by atoms with Crippen molar-refractivity contribution in [3.63, 3.8) is 0 Å². The lowest BCUT2D eigenvalue weighted by Gasteiger charge is -2.07. The molecule has 0 amide bonds. The fraction of sp³-hybridized carbons (Fsp3) is 0.167. The molecule has 0 aliphatic heterocycles. The van der Waals surface area contributed by atoms with Crippen molar-refractivity contribution in [2.24, 2.45) is 0 Å². The molecule has 0 atom stereocenters. The van der Waals surface area contributed by atoms with Gasteiger partial charge in [-0.15, -0.1) is 10.2 Å². The Hall–Kier alpha value is -3.36. The molecular formula is C18H12F3N5O. The van der Waals surface area contributed by atoms with Crippen LogP contribution in [0.2, 0.25) is 0 Å². The third-order valence-electron chi connectivity index (χ3n) is 4.52. The Bertz CT molecular complexity index is 1310. The zero-order valence-corrected chi connectivity index (χ0v) is 14.0. The summed E-state index contributed by atoms with van der Waals surface area (Å²) in [5, 5.41) is 12.5. The van der Waals surface area contributed by atoms with Gasteiger partial charge in [-0.25, -0.2) is 0 Å². The monoisotopic (exact) mass is 371 g/mol. The van der Waals surface area contributed by atoms with E-state index in [1.807, 2.05) is 11.3 Å². The zero-order chi connectivity index (χ0) is 18.8. The van der Waals surface area contributed by atoms with Crippen molar-refractivity contribution >= 4 is 22.3 Å². The predicted octanol–water partition coefficient (Wildman–Crippen LogP) is 4.37. The lowest BCUT2D eigenvalue weighted by molar-refractivity contribution is -0.137. The van der Waals surface area contributed by atoms with E-state index in [1.165, 1.54) is 12.4 Å². The van der Waals surface area contributed by atoms with Gasteiger partial charge in [0.15, 0.2) is 5.58 Å². The number of hydrogen-bond acceptors (Lipinski definition) is 4. The van der Waals surface area contributed by atoms with Gasteiger partial charge in [-0.1, -0.05) is 19.1 Å². The van der Waals surface area contributed by atoms with Crippen molar-refractivity contribution < 1.29 is 17.6 Å². The second-order valence-electron chi connectivity index (χ2n) is 6.17. The van der Waals surface area contributed by atoms with Gasteiger partial charge in [0.2, 0.25) is 5.65 Å². The highest BCUT2D eigenvalue weighted by Crippen LogP contribution is 2.35. The van der Waals surface area contributed by atoms with Crippen molar-refractivity contribution in [2.75, 3.05) is 0 Å².